The molecule has 0 aliphatic carbocycles. The SMILES string of the molecule is CC/C=C\C/C=C\C/C=C\C/C=C\C/C=C\CC(=O)OC(COC(=O)CCCCCCCCC/C=C\CCCCCCCC)COC(=O)CCCCCCCCCCCCCCCC. The van der Waals surface area contributed by atoms with Gasteiger partial charge in [0.15, 0.2) is 6.10 Å². The maximum Gasteiger partial charge on any atom is 0.310 e. The summed E-state index contributed by atoms with van der Waals surface area (Å²) in [5.74, 6) is -1.04. The molecule has 0 saturated carbocycles. The molecule has 0 N–H and O–H groups in total. The van der Waals surface area contributed by atoms with Gasteiger partial charge in [0, 0.05) is 12.8 Å². The van der Waals surface area contributed by atoms with Crippen molar-refractivity contribution in [3.8, 4) is 0 Å². The van der Waals surface area contributed by atoms with Gasteiger partial charge in [0.1, 0.15) is 13.2 Å². The Hall–Kier alpha value is -3.15. The van der Waals surface area contributed by atoms with Crippen molar-refractivity contribution in [1.29, 1.82) is 0 Å². The van der Waals surface area contributed by atoms with Gasteiger partial charge in [0.2, 0.25) is 0 Å². The Labute approximate surface area is 395 Å². The third kappa shape index (κ3) is 49.9. The predicted octanol–water partition coefficient (Wildman–Crippen LogP) is 17.8. The highest BCUT2D eigenvalue weighted by molar-refractivity contribution is 5.72. The fourth-order valence-corrected chi connectivity index (χ4v) is 7.45. The monoisotopic (exact) mass is 893 g/mol. The van der Waals surface area contributed by atoms with Crippen LogP contribution in [-0.4, -0.2) is 37.2 Å². The second-order valence-corrected chi connectivity index (χ2v) is 17.8. The molecule has 6 heteroatoms. The van der Waals surface area contributed by atoms with Crippen molar-refractivity contribution in [3.63, 3.8) is 0 Å². The molecule has 0 bridgehead atoms. The number of carbonyl (C=O) groups excluding carboxylic acids is 3. The number of allylic oxidation sites excluding steroid dienone is 11. The Morgan fingerprint density at radius 3 is 1.02 bits per heavy atom. The van der Waals surface area contributed by atoms with Crippen LogP contribution in [0.4, 0.5) is 0 Å². The first-order valence-electron chi connectivity index (χ1n) is 26.9. The molecule has 0 spiro atoms. The molecule has 1 unspecified atom stereocenters. The summed E-state index contributed by atoms with van der Waals surface area (Å²) in [7, 11) is 0. The van der Waals surface area contributed by atoms with Crippen LogP contribution in [0.15, 0.2) is 72.9 Å². The molecule has 368 valence electrons. The lowest BCUT2D eigenvalue weighted by atomic mass is 10.0. The number of unbranched alkanes of at least 4 members (excludes halogenated alkanes) is 26. The van der Waals surface area contributed by atoms with Crippen molar-refractivity contribution >= 4 is 17.9 Å². The van der Waals surface area contributed by atoms with Crippen LogP contribution in [0, 0.1) is 0 Å². The molecule has 0 aromatic heterocycles. The number of carbonyl (C=O) groups is 3. The average Bonchev–Trinajstić information content (AvgIpc) is 3.29. The van der Waals surface area contributed by atoms with Crippen molar-refractivity contribution in [2.45, 2.75) is 264 Å². The van der Waals surface area contributed by atoms with Crippen LogP contribution in [0.25, 0.3) is 0 Å². The van der Waals surface area contributed by atoms with Crippen LogP contribution in [0.3, 0.4) is 0 Å². The first-order valence-corrected chi connectivity index (χ1v) is 26.9. The van der Waals surface area contributed by atoms with E-state index in [1.807, 2.05) is 6.08 Å². The minimum atomic E-state index is -0.829. The summed E-state index contributed by atoms with van der Waals surface area (Å²) in [5, 5.41) is 0. The van der Waals surface area contributed by atoms with Gasteiger partial charge in [-0.3, -0.25) is 14.4 Å². The Morgan fingerprint density at radius 1 is 0.344 bits per heavy atom. The zero-order valence-corrected chi connectivity index (χ0v) is 42.0. The fourth-order valence-electron chi connectivity index (χ4n) is 7.45. The second kappa shape index (κ2) is 52.5. The average molecular weight is 893 g/mol. The number of ether oxygens (including phenoxy) is 3. The quantitative estimate of drug-likeness (QED) is 0.0262. The van der Waals surface area contributed by atoms with Crippen LogP contribution in [-0.2, 0) is 28.6 Å². The van der Waals surface area contributed by atoms with E-state index >= 15 is 0 Å². The van der Waals surface area contributed by atoms with Gasteiger partial charge in [-0.2, -0.15) is 0 Å². The molecule has 0 saturated heterocycles. The van der Waals surface area contributed by atoms with E-state index in [9.17, 15) is 14.4 Å². The molecular weight excluding hydrogens is 793 g/mol. The maximum atomic E-state index is 12.7. The summed E-state index contributed by atoms with van der Waals surface area (Å²) in [4.78, 5) is 38.0. The fraction of sp³-hybridized carbons (Fsp3) is 0.741. The number of esters is 3. The van der Waals surface area contributed by atoms with E-state index < -0.39 is 12.1 Å². The van der Waals surface area contributed by atoms with Gasteiger partial charge in [-0.1, -0.05) is 241 Å². The summed E-state index contributed by atoms with van der Waals surface area (Å²) in [6, 6.07) is 0. The zero-order chi connectivity index (χ0) is 46.5. The van der Waals surface area contributed by atoms with Gasteiger partial charge in [0.05, 0.1) is 6.42 Å². The molecule has 0 aliphatic heterocycles. The minimum Gasteiger partial charge on any atom is -0.462 e. The molecule has 0 aliphatic rings. The van der Waals surface area contributed by atoms with Crippen molar-refractivity contribution in [1.82, 2.24) is 0 Å². The molecule has 0 rings (SSSR count). The largest absolute Gasteiger partial charge is 0.462 e. The van der Waals surface area contributed by atoms with E-state index in [4.69, 9.17) is 14.2 Å². The van der Waals surface area contributed by atoms with E-state index in [0.29, 0.717) is 12.8 Å². The van der Waals surface area contributed by atoms with E-state index in [1.54, 1.807) is 6.08 Å². The minimum absolute atomic E-state index is 0.0981. The molecule has 0 radical (unpaired) electrons. The molecule has 1 atom stereocenters. The van der Waals surface area contributed by atoms with Gasteiger partial charge < -0.3 is 14.2 Å². The Balaban J connectivity index is 4.48. The predicted molar refractivity (Wildman–Crippen MR) is 274 cm³/mol. The molecule has 0 aromatic rings. The topological polar surface area (TPSA) is 78.9 Å². The third-order valence-corrected chi connectivity index (χ3v) is 11.5. The zero-order valence-electron chi connectivity index (χ0n) is 42.0. The van der Waals surface area contributed by atoms with Crippen molar-refractivity contribution in [2.75, 3.05) is 13.2 Å². The van der Waals surface area contributed by atoms with Crippen LogP contribution in [0.5, 0.6) is 0 Å². The molecule has 0 fully saturated rings. The number of rotatable bonds is 48. The summed E-state index contributed by atoms with van der Waals surface area (Å²) in [6.07, 6.45) is 66.3. The summed E-state index contributed by atoms with van der Waals surface area (Å²) < 4.78 is 16.7. The van der Waals surface area contributed by atoms with Crippen molar-refractivity contribution in [3.05, 3.63) is 72.9 Å². The Morgan fingerprint density at radius 2 is 0.656 bits per heavy atom. The standard InChI is InChI=1S/C58H100O6/c1-4-7-10-13-16-19-22-25-28-29-31-33-36-39-42-45-48-51-57(60)63-54-55(53-62-56(59)50-47-44-41-38-35-32-27-24-21-18-15-12-9-6-3)64-58(61)52-49-46-43-40-37-34-30-26-23-20-17-14-11-8-5-2/h8,11,17,20,25-26,28,30,37,40,46,49,55H,4-7,9-10,12-16,18-19,21-24,27,29,31-36,38-39,41-45,47-48,50-54H2,1-3H3/b11-8-,20-17-,28-25-,30-26-,40-37-,49-46-. The summed E-state index contributed by atoms with van der Waals surface area (Å²) >= 11 is 0. The van der Waals surface area contributed by atoms with Gasteiger partial charge >= 0.3 is 17.9 Å². The lowest BCUT2D eigenvalue weighted by molar-refractivity contribution is -0.166. The summed E-state index contributed by atoms with van der Waals surface area (Å²) in [5.41, 5.74) is 0. The molecule has 6 nitrogen and oxygen atoms in total. The van der Waals surface area contributed by atoms with Crippen LogP contribution >= 0.6 is 0 Å². The van der Waals surface area contributed by atoms with Crippen molar-refractivity contribution < 1.29 is 28.6 Å². The maximum absolute atomic E-state index is 12.7. The van der Waals surface area contributed by atoms with Gasteiger partial charge in [0.25, 0.3) is 0 Å². The number of hydrogen-bond donors (Lipinski definition) is 0. The lowest BCUT2D eigenvalue weighted by Gasteiger charge is -2.18. The van der Waals surface area contributed by atoms with Gasteiger partial charge in [-0.05, 0) is 70.6 Å². The first kappa shape index (κ1) is 60.9. The van der Waals surface area contributed by atoms with E-state index in [-0.39, 0.29) is 31.6 Å². The van der Waals surface area contributed by atoms with Gasteiger partial charge in [-0.15, -0.1) is 0 Å². The third-order valence-electron chi connectivity index (χ3n) is 11.5. The highest BCUT2D eigenvalue weighted by Crippen LogP contribution is 2.15. The Kier molecular flexibility index (Phi) is 49.9. The van der Waals surface area contributed by atoms with Gasteiger partial charge in [-0.25, -0.2) is 0 Å². The Bertz CT molecular complexity index is 1210. The molecule has 64 heavy (non-hydrogen) atoms. The molecule has 0 amide bonds. The van der Waals surface area contributed by atoms with Crippen LogP contribution in [0.2, 0.25) is 0 Å². The summed E-state index contributed by atoms with van der Waals surface area (Å²) in [6.45, 7) is 6.45. The van der Waals surface area contributed by atoms with Crippen LogP contribution < -0.4 is 0 Å². The second-order valence-electron chi connectivity index (χ2n) is 17.8. The van der Waals surface area contributed by atoms with E-state index in [2.05, 4.69) is 81.5 Å². The highest BCUT2D eigenvalue weighted by atomic mass is 16.6. The highest BCUT2D eigenvalue weighted by Gasteiger charge is 2.19. The van der Waals surface area contributed by atoms with E-state index in [1.165, 1.54) is 148 Å². The van der Waals surface area contributed by atoms with Crippen molar-refractivity contribution in [2.24, 2.45) is 0 Å². The van der Waals surface area contributed by atoms with Crippen LogP contribution in [0.1, 0.15) is 258 Å². The smallest absolute Gasteiger partial charge is 0.310 e. The molecule has 0 aromatic carbocycles. The molecular formula is C58H100O6. The lowest BCUT2D eigenvalue weighted by Crippen LogP contribution is -2.30. The normalized spacial score (nSPS) is 12.6. The number of hydrogen-bond acceptors (Lipinski definition) is 6. The first-order chi connectivity index (χ1) is 31.5. The van der Waals surface area contributed by atoms with E-state index in [0.717, 1.165) is 70.6 Å². The molecule has 0 heterocycles.